The predicted molar refractivity (Wildman–Crippen MR) is 58.2 cm³/mol. The SMILES string of the molecule is CC(=O)NCCC#Cc1cc(F)c(F)cc1O. The van der Waals surface area contributed by atoms with Crippen molar-refractivity contribution in [2.45, 2.75) is 13.3 Å². The minimum atomic E-state index is -1.12. The number of carbonyl (C=O) groups excluding carboxylic acids is 1. The maximum atomic E-state index is 12.8. The Morgan fingerprint density at radius 1 is 1.41 bits per heavy atom. The molecule has 0 aromatic heterocycles. The second kappa shape index (κ2) is 5.85. The first-order valence-corrected chi connectivity index (χ1v) is 4.92. The van der Waals surface area contributed by atoms with Gasteiger partial charge in [0.2, 0.25) is 5.91 Å². The fourth-order valence-electron chi connectivity index (χ4n) is 1.10. The fraction of sp³-hybridized carbons (Fsp3) is 0.250. The number of amides is 1. The number of nitrogens with one attached hydrogen (secondary N) is 1. The second-order valence-electron chi connectivity index (χ2n) is 3.32. The number of phenols is 1. The summed E-state index contributed by atoms with van der Waals surface area (Å²) in [5.74, 6) is 2.38. The van der Waals surface area contributed by atoms with E-state index >= 15 is 0 Å². The van der Waals surface area contributed by atoms with E-state index in [4.69, 9.17) is 0 Å². The van der Waals surface area contributed by atoms with Crippen molar-refractivity contribution < 1.29 is 18.7 Å². The molecule has 0 radical (unpaired) electrons. The normalized spacial score (nSPS) is 9.35. The standard InChI is InChI=1S/C12H11F2NO2/c1-8(16)15-5-3-2-4-9-6-10(13)11(14)7-12(9)17/h6-7,17H,3,5H2,1H3,(H,15,16). The average molecular weight is 239 g/mol. The van der Waals surface area contributed by atoms with Crippen molar-refractivity contribution >= 4 is 5.91 Å². The third-order valence-corrected chi connectivity index (χ3v) is 1.89. The van der Waals surface area contributed by atoms with Crippen LogP contribution in [-0.4, -0.2) is 17.6 Å². The van der Waals surface area contributed by atoms with Crippen LogP contribution in [0.5, 0.6) is 5.75 Å². The molecule has 0 heterocycles. The minimum Gasteiger partial charge on any atom is -0.507 e. The monoisotopic (exact) mass is 239 g/mol. The molecule has 1 rings (SSSR count). The van der Waals surface area contributed by atoms with E-state index in [0.717, 1.165) is 6.07 Å². The molecule has 1 aromatic rings. The molecule has 0 aliphatic carbocycles. The van der Waals surface area contributed by atoms with Gasteiger partial charge in [0.15, 0.2) is 11.6 Å². The van der Waals surface area contributed by atoms with Crippen molar-refractivity contribution in [2.24, 2.45) is 0 Å². The van der Waals surface area contributed by atoms with Crippen LogP contribution >= 0.6 is 0 Å². The van der Waals surface area contributed by atoms with E-state index in [-0.39, 0.29) is 11.5 Å². The average Bonchev–Trinajstić information content (AvgIpc) is 2.24. The van der Waals surface area contributed by atoms with Gasteiger partial charge in [-0.15, -0.1) is 0 Å². The van der Waals surface area contributed by atoms with Gasteiger partial charge < -0.3 is 10.4 Å². The molecule has 17 heavy (non-hydrogen) atoms. The quantitative estimate of drug-likeness (QED) is 0.607. The molecule has 0 saturated heterocycles. The molecular weight excluding hydrogens is 228 g/mol. The number of aromatic hydroxyl groups is 1. The van der Waals surface area contributed by atoms with Crippen LogP contribution in [0.4, 0.5) is 8.78 Å². The first kappa shape index (κ1) is 13.0. The molecule has 0 fully saturated rings. The van der Waals surface area contributed by atoms with Crippen LogP contribution in [0, 0.1) is 23.5 Å². The minimum absolute atomic E-state index is 0.0201. The Hall–Kier alpha value is -2.09. The molecule has 0 saturated carbocycles. The zero-order valence-electron chi connectivity index (χ0n) is 9.18. The Bertz CT molecular complexity index is 489. The van der Waals surface area contributed by atoms with Crippen LogP contribution in [-0.2, 0) is 4.79 Å². The molecule has 0 bridgehead atoms. The van der Waals surface area contributed by atoms with Crippen molar-refractivity contribution in [3.05, 3.63) is 29.3 Å². The first-order valence-electron chi connectivity index (χ1n) is 4.92. The lowest BCUT2D eigenvalue weighted by Gasteiger charge is -1.98. The summed E-state index contributed by atoms with van der Waals surface area (Å²) in [6.45, 7) is 1.75. The zero-order valence-corrected chi connectivity index (χ0v) is 9.18. The fourth-order valence-corrected chi connectivity index (χ4v) is 1.10. The van der Waals surface area contributed by atoms with Gasteiger partial charge in [-0.2, -0.15) is 0 Å². The molecule has 0 aliphatic rings. The van der Waals surface area contributed by atoms with Crippen LogP contribution in [0.2, 0.25) is 0 Å². The molecule has 1 aromatic carbocycles. The molecular formula is C12H11F2NO2. The topological polar surface area (TPSA) is 49.3 Å². The van der Waals surface area contributed by atoms with E-state index in [1.54, 1.807) is 0 Å². The van der Waals surface area contributed by atoms with Crippen molar-refractivity contribution in [3.8, 4) is 17.6 Å². The Balaban J connectivity index is 2.66. The number of halogens is 2. The van der Waals surface area contributed by atoms with Crippen LogP contribution < -0.4 is 5.32 Å². The van der Waals surface area contributed by atoms with Crippen LogP contribution in [0.3, 0.4) is 0 Å². The van der Waals surface area contributed by atoms with Gasteiger partial charge in [-0.1, -0.05) is 11.8 Å². The van der Waals surface area contributed by atoms with Crippen molar-refractivity contribution in [1.82, 2.24) is 5.32 Å². The Morgan fingerprint density at radius 2 is 2.06 bits per heavy atom. The summed E-state index contributed by atoms with van der Waals surface area (Å²) < 4.78 is 25.5. The number of hydrogen-bond acceptors (Lipinski definition) is 2. The van der Waals surface area contributed by atoms with E-state index in [9.17, 15) is 18.7 Å². The summed E-state index contributed by atoms with van der Waals surface area (Å²) in [7, 11) is 0. The first-order chi connectivity index (χ1) is 8.00. The summed E-state index contributed by atoms with van der Waals surface area (Å²) >= 11 is 0. The summed E-state index contributed by atoms with van der Waals surface area (Å²) in [4.78, 5) is 10.5. The van der Waals surface area contributed by atoms with E-state index in [1.807, 2.05) is 0 Å². The lowest BCUT2D eigenvalue weighted by Crippen LogP contribution is -2.20. The third kappa shape index (κ3) is 4.11. The molecule has 3 nitrogen and oxygen atoms in total. The zero-order chi connectivity index (χ0) is 12.8. The highest BCUT2D eigenvalue weighted by Gasteiger charge is 2.06. The highest BCUT2D eigenvalue weighted by atomic mass is 19.2. The van der Waals surface area contributed by atoms with Gasteiger partial charge in [-0.3, -0.25) is 4.79 Å². The molecule has 2 N–H and O–H groups in total. The number of rotatable bonds is 2. The second-order valence-corrected chi connectivity index (χ2v) is 3.32. The highest BCUT2D eigenvalue weighted by molar-refractivity contribution is 5.72. The van der Waals surface area contributed by atoms with E-state index in [0.29, 0.717) is 19.0 Å². The molecule has 0 atom stereocenters. The lowest BCUT2D eigenvalue weighted by molar-refractivity contribution is -0.118. The van der Waals surface area contributed by atoms with Gasteiger partial charge in [0.1, 0.15) is 5.75 Å². The number of hydrogen-bond donors (Lipinski definition) is 2. The van der Waals surface area contributed by atoms with E-state index < -0.39 is 17.4 Å². The van der Waals surface area contributed by atoms with E-state index in [1.165, 1.54) is 6.92 Å². The maximum Gasteiger partial charge on any atom is 0.216 e. The Kier molecular flexibility index (Phi) is 4.46. The summed E-state index contributed by atoms with van der Waals surface area (Å²) in [6, 6.07) is 1.50. The van der Waals surface area contributed by atoms with Gasteiger partial charge >= 0.3 is 0 Å². The number of carbonyl (C=O) groups is 1. The van der Waals surface area contributed by atoms with Gasteiger partial charge in [-0.25, -0.2) is 8.78 Å². The molecule has 1 amide bonds. The van der Waals surface area contributed by atoms with Crippen LogP contribution in [0.1, 0.15) is 18.9 Å². The molecule has 5 heteroatoms. The maximum absolute atomic E-state index is 12.8. The lowest BCUT2D eigenvalue weighted by atomic mass is 10.2. The summed E-state index contributed by atoms with van der Waals surface area (Å²) in [5.41, 5.74) is 0.0201. The molecule has 0 aliphatic heterocycles. The molecule has 0 unspecified atom stereocenters. The van der Waals surface area contributed by atoms with Crippen molar-refractivity contribution in [1.29, 1.82) is 0 Å². The van der Waals surface area contributed by atoms with Crippen LogP contribution in [0.15, 0.2) is 12.1 Å². The van der Waals surface area contributed by atoms with Gasteiger partial charge in [-0.05, 0) is 6.07 Å². The largest absolute Gasteiger partial charge is 0.507 e. The van der Waals surface area contributed by atoms with Gasteiger partial charge in [0.05, 0.1) is 5.56 Å². The Morgan fingerprint density at radius 3 is 2.71 bits per heavy atom. The molecule has 90 valence electrons. The van der Waals surface area contributed by atoms with Crippen molar-refractivity contribution in [3.63, 3.8) is 0 Å². The highest BCUT2D eigenvalue weighted by Crippen LogP contribution is 2.19. The smallest absolute Gasteiger partial charge is 0.216 e. The number of phenolic OH excluding ortho intramolecular Hbond substituents is 1. The van der Waals surface area contributed by atoms with E-state index in [2.05, 4.69) is 17.2 Å². The van der Waals surface area contributed by atoms with Crippen LogP contribution in [0.25, 0.3) is 0 Å². The number of benzene rings is 1. The summed E-state index contributed by atoms with van der Waals surface area (Å²) in [6.07, 6.45) is 0.359. The third-order valence-electron chi connectivity index (χ3n) is 1.89. The predicted octanol–water partition coefficient (Wildman–Crippen LogP) is 1.55. The van der Waals surface area contributed by atoms with Gasteiger partial charge in [0.25, 0.3) is 0 Å². The van der Waals surface area contributed by atoms with Gasteiger partial charge in [0, 0.05) is 26.0 Å². The van der Waals surface area contributed by atoms with Crippen molar-refractivity contribution in [2.75, 3.05) is 6.54 Å². The summed E-state index contributed by atoms with van der Waals surface area (Å²) in [5, 5.41) is 11.8. The molecule has 0 spiro atoms. The Labute approximate surface area is 97.5 Å².